The third-order valence-electron chi connectivity index (χ3n) is 10.1. The number of carbonyl (C=O) groups is 2. The summed E-state index contributed by atoms with van der Waals surface area (Å²) in [4.78, 5) is 25.5. The van der Waals surface area contributed by atoms with E-state index >= 15 is 0 Å². The Balaban J connectivity index is 1.15. The van der Waals surface area contributed by atoms with Crippen LogP contribution in [0.5, 0.6) is 11.5 Å². The highest BCUT2D eigenvalue weighted by atomic mass is 16.7. The predicted octanol–water partition coefficient (Wildman–Crippen LogP) is 11.9. The second-order valence-electron chi connectivity index (χ2n) is 14.2. The molecule has 6 aromatic carbocycles. The van der Waals surface area contributed by atoms with E-state index in [1.54, 1.807) is 19.2 Å². The molecule has 0 saturated heterocycles. The Morgan fingerprint density at radius 3 is 1.84 bits per heavy atom. The molecule has 0 heterocycles. The van der Waals surface area contributed by atoms with Crippen LogP contribution >= 0.6 is 0 Å². The number of methoxy groups -OCH3 is 1. The van der Waals surface area contributed by atoms with Crippen LogP contribution in [-0.4, -0.2) is 32.4 Å². The molecule has 0 radical (unpaired) electrons. The fourth-order valence-corrected chi connectivity index (χ4v) is 7.25. The zero-order valence-electron chi connectivity index (χ0n) is 32.2. The number of hydrogen-bond donors (Lipinski definition) is 0. The van der Waals surface area contributed by atoms with Crippen LogP contribution in [-0.2, 0) is 19.7 Å². The summed E-state index contributed by atoms with van der Waals surface area (Å²) in [6.07, 6.45) is 2.53. The van der Waals surface area contributed by atoms with Crippen LogP contribution in [0.15, 0.2) is 146 Å². The second-order valence-corrected chi connectivity index (χ2v) is 14.2. The van der Waals surface area contributed by atoms with Gasteiger partial charge in [-0.2, -0.15) is 0 Å². The molecule has 7 heteroatoms. The third-order valence-corrected chi connectivity index (χ3v) is 10.1. The smallest absolute Gasteiger partial charge is 0.497 e. The number of fused-ring (bicyclic) bond motifs is 3. The molecular formula is C49H45NO6. The van der Waals surface area contributed by atoms with Gasteiger partial charge in [0.05, 0.1) is 20.3 Å². The van der Waals surface area contributed by atoms with Gasteiger partial charge in [-0.3, -0.25) is 4.79 Å². The topological polar surface area (TPSA) is 74.3 Å². The van der Waals surface area contributed by atoms with Crippen molar-refractivity contribution >= 4 is 40.8 Å². The summed E-state index contributed by atoms with van der Waals surface area (Å²) >= 11 is 0. The minimum atomic E-state index is -0.783. The van der Waals surface area contributed by atoms with Crippen molar-refractivity contribution in [1.82, 2.24) is 0 Å². The van der Waals surface area contributed by atoms with E-state index in [9.17, 15) is 9.59 Å². The number of unbranched alkanes of at least 4 members (excludes halogenated alkanes) is 1. The van der Waals surface area contributed by atoms with Crippen LogP contribution in [0, 0.1) is 0 Å². The van der Waals surface area contributed by atoms with Crippen molar-refractivity contribution in [2.45, 2.75) is 39.0 Å². The maximum absolute atomic E-state index is 12.3. The maximum Gasteiger partial charge on any atom is 0.513 e. The van der Waals surface area contributed by atoms with Crippen LogP contribution in [0.2, 0.25) is 0 Å². The van der Waals surface area contributed by atoms with Gasteiger partial charge < -0.3 is 23.8 Å². The summed E-state index contributed by atoms with van der Waals surface area (Å²) in [5, 5.41) is 0. The molecule has 1 aliphatic carbocycles. The number of ether oxygens (including phenoxy) is 4. The Morgan fingerprint density at radius 2 is 1.18 bits per heavy atom. The van der Waals surface area contributed by atoms with Crippen molar-refractivity contribution in [2.75, 3.05) is 25.2 Å². The van der Waals surface area contributed by atoms with Gasteiger partial charge in [0.25, 0.3) is 0 Å². The number of anilines is 3. The lowest BCUT2D eigenvalue weighted by Crippen LogP contribution is -2.16. The average molecular weight is 744 g/mol. The SMILES string of the molecule is COc1ccc(C(=Cc2ccc(N(c3ccccc3)c3ccc4c(c3)C(C)(C)c3ccccc3-4)cc2)c2ccc(OC(=O)OCCCCOC(C)=O)cc2)cc1. The molecule has 0 unspecified atom stereocenters. The van der Waals surface area contributed by atoms with Crippen molar-refractivity contribution in [3.63, 3.8) is 0 Å². The van der Waals surface area contributed by atoms with E-state index < -0.39 is 6.16 Å². The first-order chi connectivity index (χ1) is 27.2. The van der Waals surface area contributed by atoms with Crippen molar-refractivity contribution in [2.24, 2.45) is 0 Å². The molecule has 282 valence electrons. The van der Waals surface area contributed by atoms with E-state index in [4.69, 9.17) is 18.9 Å². The molecule has 0 saturated carbocycles. The predicted molar refractivity (Wildman–Crippen MR) is 223 cm³/mol. The number of carbonyl (C=O) groups excluding carboxylic acids is 2. The highest BCUT2D eigenvalue weighted by Gasteiger charge is 2.35. The second kappa shape index (κ2) is 16.8. The van der Waals surface area contributed by atoms with Gasteiger partial charge in [-0.05, 0) is 124 Å². The lowest BCUT2D eigenvalue weighted by Gasteiger charge is -2.28. The molecule has 7 nitrogen and oxygen atoms in total. The van der Waals surface area contributed by atoms with Crippen LogP contribution in [0.25, 0.3) is 22.8 Å². The van der Waals surface area contributed by atoms with Crippen LogP contribution in [0.4, 0.5) is 21.9 Å². The van der Waals surface area contributed by atoms with E-state index in [1.165, 1.54) is 29.2 Å². The lowest BCUT2D eigenvalue weighted by atomic mass is 9.82. The molecule has 6 aromatic rings. The fourth-order valence-electron chi connectivity index (χ4n) is 7.25. The molecule has 0 aromatic heterocycles. The number of hydrogen-bond acceptors (Lipinski definition) is 7. The van der Waals surface area contributed by atoms with Gasteiger partial charge in [-0.25, -0.2) is 4.79 Å². The minimum Gasteiger partial charge on any atom is -0.497 e. The summed E-state index contributed by atoms with van der Waals surface area (Å²) in [5.74, 6) is 0.812. The van der Waals surface area contributed by atoms with E-state index in [0.29, 0.717) is 25.2 Å². The van der Waals surface area contributed by atoms with Gasteiger partial charge in [-0.1, -0.05) is 98.8 Å². The van der Waals surface area contributed by atoms with Crippen LogP contribution < -0.4 is 14.4 Å². The number of esters is 1. The van der Waals surface area contributed by atoms with Crippen molar-refractivity contribution in [3.8, 4) is 22.6 Å². The first kappa shape index (κ1) is 37.7. The standard InChI is InChI=1S/C49H45NO6/c1-34(51)54-30-10-11-31-55-48(52)56-42-27-20-37(21-28-42)45(36-18-25-41(53-4)26-19-36)32-35-16-22-39(23-17-35)50(38-12-6-5-7-13-38)40-24-29-44-43-14-8-9-15-46(43)49(2,3)47(44)33-40/h5-9,12-29,32-33H,10-11,30-31H2,1-4H3. The van der Waals surface area contributed by atoms with E-state index in [2.05, 4.69) is 116 Å². The lowest BCUT2D eigenvalue weighted by molar-refractivity contribution is -0.141. The molecule has 0 amide bonds. The molecule has 0 aliphatic heterocycles. The number of para-hydroxylation sites is 1. The normalized spacial score (nSPS) is 12.6. The summed E-state index contributed by atoms with van der Waals surface area (Å²) in [5.41, 5.74) is 12.3. The summed E-state index contributed by atoms with van der Waals surface area (Å²) in [6, 6.07) is 50.0. The fraction of sp³-hybridized carbons (Fsp3) is 0.184. The third kappa shape index (κ3) is 8.37. The first-order valence-corrected chi connectivity index (χ1v) is 18.9. The Labute approximate surface area is 328 Å². The van der Waals surface area contributed by atoms with Gasteiger partial charge >= 0.3 is 12.1 Å². The maximum atomic E-state index is 12.3. The molecule has 1 aliphatic rings. The van der Waals surface area contributed by atoms with Crippen molar-refractivity contribution in [3.05, 3.63) is 173 Å². The average Bonchev–Trinajstić information content (AvgIpc) is 3.45. The highest BCUT2D eigenvalue weighted by molar-refractivity contribution is 5.92. The molecule has 0 N–H and O–H groups in total. The summed E-state index contributed by atoms with van der Waals surface area (Å²) < 4.78 is 21.0. The van der Waals surface area contributed by atoms with Crippen molar-refractivity contribution in [1.29, 1.82) is 0 Å². The van der Waals surface area contributed by atoms with E-state index in [1.807, 2.05) is 42.5 Å². The van der Waals surface area contributed by atoms with Crippen molar-refractivity contribution < 1.29 is 28.5 Å². The zero-order chi connectivity index (χ0) is 39.1. The van der Waals surface area contributed by atoms with Gasteiger partial charge in [-0.15, -0.1) is 0 Å². The van der Waals surface area contributed by atoms with Crippen LogP contribution in [0.1, 0.15) is 61.4 Å². The van der Waals surface area contributed by atoms with E-state index in [-0.39, 0.29) is 18.0 Å². The summed E-state index contributed by atoms with van der Waals surface area (Å²) in [6.45, 7) is 6.45. The molecule has 0 fully saturated rings. The van der Waals surface area contributed by atoms with E-state index in [0.717, 1.165) is 45.1 Å². The van der Waals surface area contributed by atoms with Crippen LogP contribution in [0.3, 0.4) is 0 Å². The van der Waals surface area contributed by atoms with Gasteiger partial charge in [0.2, 0.25) is 0 Å². The Kier molecular flexibility index (Phi) is 11.3. The molecule has 7 rings (SSSR count). The quantitative estimate of drug-likeness (QED) is 0.0504. The first-order valence-electron chi connectivity index (χ1n) is 18.9. The van der Waals surface area contributed by atoms with Gasteiger partial charge in [0.15, 0.2) is 0 Å². The Hall–Kier alpha value is -6.60. The molecular weight excluding hydrogens is 699 g/mol. The Morgan fingerprint density at radius 1 is 0.607 bits per heavy atom. The number of benzene rings is 6. The Bertz CT molecular complexity index is 2330. The number of nitrogens with zero attached hydrogens (tertiary/aromatic N) is 1. The molecule has 0 bridgehead atoms. The number of rotatable bonds is 13. The largest absolute Gasteiger partial charge is 0.513 e. The molecule has 0 atom stereocenters. The monoisotopic (exact) mass is 743 g/mol. The summed E-state index contributed by atoms with van der Waals surface area (Å²) in [7, 11) is 1.65. The molecule has 56 heavy (non-hydrogen) atoms. The highest BCUT2D eigenvalue weighted by Crippen LogP contribution is 2.50. The zero-order valence-corrected chi connectivity index (χ0v) is 32.2. The molecule has 0 spiro atoms. The van der Waals surface area contributed by atoms with Gasteiger partial charge in [0.1, 0.15) is 11.5 Å². The van der Waals surface area contributed by atoms with Gasteiger partial charge in [0, 0.05) is 29.4 Å². The minimum absolute atomic E-state index is 0.112.